The lowest BCUT2D eigenvalue weighted by Crippen LogP contribution is -2.36. The Bertz CT molecular complexity index is 891. The van der Waals surface area contributed by atoms with Crippen LogP contribution in [-0.2, 0) is 19.9 Å². The average Bonchev–Trinajstić information content (AvgIpc) is 3.23. The highest BCUT2D eigenvalue weighted by Crippen LogP contribution is 2.27. The molecule has 0 saturated carbocycles. The zero-order valence-electron chi connectivity index (χ0n) is 14.8. The second-order valence-corrected chi connectivity index (χ2v) is 7.35. The standard InChI is InChI=1S/C18H19ClN4O4/c1-18(2,17(26)27)23-10-13(8-20-23)21-16(25)11-7-15(24)22(9-11)14-5-3-12(19)4-6-14/h3-6,8,10-11H,7,9H2,1-2H3,(H,21,25)(H,26,27). The van der Waals surface area contributed by atoms with Gasteiger partial charge in [-0.3, -0.25) is 14.3 Å². The van der Waals surface area contributed by atoms with Crippen molar-refractivity contribution in [3.8, 4) is 0 Å². The fourth-order valence-corrected chi connectivity index (χ4v) is 2.92. The molecule has 2 amide bonds. The number of aliphatic carboxylic acids is 1. The van der Waals surface area contributed by atoms with Crippen molar-refractivity contribution in [2.24, 2.45) is 5.92 Å². The molecule has 9 heteroatoms. The van der Waals surface area contributed by atoms with Gasteiger partial charge in [-0.05, 0) is 38.1 Å². The lowest BCUT2D eigenvalue weighted by molar-refractivity contribution is -0.146. The first-order valence-corrected chi connectivity index (χ1v) is 8.71. The lowest BCUT2D eigenvalue weighted by atomic mass is 10.1. The van der Waals surface area contributed by atoms with Crippen molar-refractivity contribution < 1.29 is 19.5 Å². The fourth-order valence-electron chi connectivity index (χ4n) is 2.79. The first-order valence-electron chi connectivity index (χ1n) is 8.34. The van der Waals surface area contributed by atoms with Gasteiger partial charge in [0.15, 0.2) is 5.54 Å². The molecule has 0 radical (unpaired) electrons. The highest BCUT2D eigenvalue weighted by atomic mass is 35.5. The molecule has 0 aliphatic carbocycles. The van der Waals surface area contributed by atoms with E-state index in [-0.39, 0.29) is 24.8 Å². The second kappa shape index (κ2) is 7.03. The van der Waals surface area contributed by atoms with E-state index in [1.807, 2.05) is 0 Å². The minimum absolute atomic E-state index is 0.100. The molecule has 2 heterocycles. The van der Waals surface area contributed by atoms with Crippen LogP contribution in [0.2, 0.25) is 5.02 Å². The number of carbonyl (C=O) groups is 3. The van der Waals surface area contributed by atoms with Gasteiger partial charge in [0.05, 0.1) is 17.8 Å². The molecule has 1 unspecified atom stereocenters. The number of hydrogen-bond donors (Lipinski definition) is 2. The molecule has 8 nitrogen and oxygen atoms in total. The van der Waals surface area contributed by atoms with E-state index in [4.69, 9.17) is 11.6 Å². The molecule has 142 valence electrons. The third kappa shape index (κ3) is 3.80. The summed E-state index contributed by atoms with van der Waals surface area (Å²) in [7, 11) is 0. The molecule has 2 N–H and O–H groups in total. The summed E-state index contributed by atoms with van der Waals surface area (Å²) in [6.07, 6.45) is 2.94. The zero-order chi connectivity index (χ0) is 19.8. The van der Waals surface area contributed by atoms with Crippen molar-refractivity contribution in [3.63, 3.8) is 0 Å². The third-order valence-electron chi connectivity index (χ3n) is 4.58. The topological polar surface area (TPSA) is 105 Å². The van der Waals surface area contributed by atoms with Crippen LogP contribution in [0.1, 0.15) is 20.3 Å². The highest BCUT2D eigenvalue weighted by Gasteiger charge is 2.35. The summed E-state index contributed by atoms with van der Waals surface area (Å²) in [5.74, 6) is -2.00. The van der Waals surface area contributed by atoms with Gasteiger partial charge in [0.1, 0.15) is 0 Å². The summed E-state index contributed by atoms with van der Waals surface area (Å²) >= 11 is 5.87. The van der Waals surface area contributed by atoms with Crippen LogP contribution in [0.5, 0.6) is 0 Å². The van der Waals surface area contributed by atoms with Crippen molar-refractivity contribution in [1.29, 1.82) is 0 Å². The SMILES string of the molecule is CC(C)(C(=O)O)n1cc(NC(=O)C2CC(=O)N(c3ccc(Cl)cc3)C2)cn1. The predicted octanol–water partition coefficient (Wildman–Crippen LogP) is 2.35. The lowest BCUT2D eigenvalue weighted by Gasteiger charge is -2.19. The Morgan fingerprint density at radius 2 is 1.96 bits per heavy atom. The predicted molar refractivity (Wildman–Crippen MR) is 99.7 cm³/mol. The molecular formula is C18H19ClN4O4. The maximum absolute atomic E-state index is 12.5. The van der Waals surface area contributed by atoms with Gasteiger partial charge in [-0.15, -0.1) is 0 Å². The Balaban J connectivity index is 1.67. The van der Waals surface area contributed by atoms with E-state index in [0.717, 1.165) is 0 Å². The van der Waals surface area contributed by atoms with E-state index in [1.165, 1.54) is 30.9 Å². The molecule has 0 spiro atoms. The third-order valence-corrected chi connectivity index (χ3v) is 4.83. The van der Waals surface area contributed by atoms with Crippen molar-refractivity contribution in [1.82, 2.24) is 9.78 Å². The molecule has 1 aliphatic rings. The minimum Gasteiger partial charge on any atom is -0.479 e. The maximum Gasteiger partial charge on any atom is 0.331 e. The van der Waals surface area contributed by atoms with Gasteiger partial charge in [-0.2, -0.15) is 5.10 Å². The Morgan fingerprint density at radius 3 is 2.59 bits per heavy atom. The monoisotopic (exact) mass is 390 g/mol. The Labute approximate surface area is 160 Å². The number of benzene rings is 1. The fraction of sp³-hybridized carbons (Fsp3) is 0.333. The van der Waals surface area contributed by atoms with Crippen LogP contribution in [0.25, 0.3) is 0 Å². The summed E-state index contributed by atoms with van der Waals surface area (Å²) < 4.78 is 1.27. The number of carbonyl (C=O) groups excluding carboxylic acids is 2. The van der Waals surface area contributed by atoms with Gasteiger partial charge in [0.2, 0.25) is 11.8 Å². The summed E-state index contributed by atoms with van der Waals surface area (Å²) in [4.78, 5) is 37.6. The molecule has 0 bridgehead atoms. The smallest absolute Gasteiger partial charge is 0.331 e. The number of nitrogens with one attached hydrogen (secondary N) is 1. The van der Waals surface area contributed by atoms with E-state index in [0.29, 0.717) is 16.4 Å². The van der Waals surface area contributed by atoms with Crippen molar-refractivity contribution >= 4 is 40.8 Å². The number of halogens is 1. The number of aromatic nitrogens is 2. The quantitative estimate of drug-likeness (QED) is 0.815. The maximum atomic E-state index is 12.5. The highest BCUT2D eigenvalue weighted by molar-refractivity contribution is 6.30. The second-order valence-electron chi connectivity index (χ2n) is 6.91. The van der Waals surface area contributed by atoms with Crippen molar-refractivity contribution in [2.45, 2.75) is 25.8 Å². The molecule has 1 saturated heterocycles. The normalized spacial score (nSPS) is 17.2. The number of carboxylic acids is 1. The Kier molecular flexibility index (Phi) is 4.93. The van der Waals surface area contributed by atoms with E-state index in [9.17, 15) is 19.5 Å². The average molecular weight is 391 g/mol. The Morgan fingerprint density at radius 1 is 1.30 bits per heavy atom. The van der Waals surface area contributed by atoms with Gasteiger partial charge in [-0.1, -0.05) is 11.6 Å². The zero-order valence-corrected chi connectivity index (χ0v) is 15.6. The minimum atomic E-state index is -1.24. The number of nitrogens with zero attached hydrogens (tertiary/aromatic N) is 3. The number of rotatable bonds is 5. The van der Waals surface area contributed by atoms with E-state index < -0.39 is 17.4 Å². The largest absolute Gasteiger partial charge is 0.479 e. The van der Waals surface area contributed by atoms with E-state index >= 15 is 0 Å². The molecule has 1 aromatic heterocycles. The van der Waals surface area contributed by atoms with Crippen LogP contribution in [0.3, 0.4) is 0 Å². The number of carboxylic acid groups (broad SMARTS) is 1. The summed E-state index contributed by atoms with van der Waals surface area (Å²) in [6, 6.07) is 6.85. The van der Waals surface area contributed by atoms with Crippen LogP contribution in [0.4, 0.5) is 11.4 Å². The first-order chi connectivity index (χ1) is 12.7. The molecular weight excluding hydrogens is 372 g/mol. The Hall–Kier alpha value is -2.87. The molecule has 1 aliphatic heterocycles. The van der Waals surface area contributed by atoms with Gasteiger partial charge < -0.3 is 15.3 Å². The molecule has 1 atom stereocenters. The van der Waals surface area contributed by atoms with Gasteiger partial charge in [-0.25, -0.2) is 4.79 Å². The van der Waals surface area contributed by atoms with Crippen molar-refractivity contribution in [3.05, 3.63) is 41.7 Å². The number of amides is 2. The molecule has 27 heavy (non-hydrogen) atoms. The van der Waals surface area contributed by atoms with Crippen LogP contribution in [0.15, 0.2) is 36.7 Å². The molecule has 1 fully saturated rings. The summed E-state index contributed by atoms with van der Waals surface area (Å²) in [5, 5.41) is 16.5. The molecule has 2 aromatic rings. The van der Waals surface area contributed by atoms with Crippen molar-refractivity contribution in [2.75, 3.05) is 16.8 Å². The number of hydrogen-bond acceptors (Lipinski definition) is 4. The summed E-state index contributed by atoms with van der Waals surface area (Å²) in [6.45, 7) is 3.28. The summed E-state index contributed by atoms with van der Waals surface area (Å²) in [5.41, 5.74) is -0.167. The van der Waals surface area contributed by atoms with Gasteiger partial charge in [0.25, 0.3) is 0 Å². The molecule has 1 aromatic carbocycles. The van der Waals surface area contributed by atoms with Crippen LogP contribution in [-0.4, -0.2) is 39.2 Å². The number of anilines is 2. The van der Waals surface area contributed by atoms with Crippen LogP contribution in [0, 0.1) is 5.92 Å². The van der Waals surface area contributed by atoms with Gasteiger partial charge >= 0.3 is 5.97 Å². The first kappa shape index (κ1) is 18.9. The van der Waals surface area contributed by atoms with E-state index in [1.54, 1.807) is 29.2 Å². The van der Waals surface area contributed by atoms with E-state index in [2.05, 4.69) is 10.4 Å². The van der Waals surface area contributed by atoms with Crippen LogP contribution >= 0.6 is 11.6 Å². The molecule has 3 rings (SSSR count). The van der Waals surface area contributed by atoms with Crippen LogP contribution < -0.4 is 10.2 Å². The van der Waals surface area contributed by atoms with Gasteiger partial charge in [0, 0.05) is 29.9 Å².